The van der Waals surface area contributed by atoms with E-state index in [9.17, 15) is 0 Å². The molecule has 2 rings (SSSR count). The SMILES string of the molecule is CCCNC1CCN(c2ccccc2CC)C(C)C1. The minimum absolute atomic E-state index is 0.635. The number of nitrogens with zero attached hydrogens (tertiary/aromatic N) is 1. The summed E-state index contributed by atoms with van der Waals surface area (Å²) in [6.07, 6.45) is 4.88. The second-order valence-corrected chi connectivity index (χ2v) is 5.70. The number of benzene rings is 1. The van der Waals surface area contributed by atoms with E-state index in [4.69, 9.17) is 0 Å². The first-order valence-electron chi connectivity index (χ1n) is 7.84. The number of aryl methyl sites for hydroxylation is 1. The van der Waals surface area contributed by atoms with Crippen molar-refractivity contribution in [3.8, 4) is 0 Å². The van der Waals surface area contributed by atoms with Gasteiger partial charge in [0.15, 0.2) is 0 Å². The summed E-state index contributed by atoms with van der Waals surface area (Å²) in [6, 6.07) is 10.2. The van der Waals surface area contributed by atoms with Gasteiger partial charge in [0.2, 0.25) is 0 Å². The maximum atomic E-state index is 3.68. The zero-order valence-electron chi connectivity index (χ0n) is 12.7. The molecule has 1 heterocycles. The van der Waals surface area contributed by atoms with Crippen LogP contribution in [0.25, 0.3) is 0 Å². The Bertz CT molecular complexity index is 389. The quantitative estimate of drug-likeness (QED) is 0.870. The van der Waals surface area contributed by atoms with Crippen LogP contribution in [-0.4, -0.2) is 25.2 Å². The van der Waals surface area contributed by atoms with Crippen LogP contribution in [0.3, 0.4) is 0 Å². The van der Waals surface area contributed by atoms with Gasteiger partial charge >= 0.3 is 0 Å². The van der Waals surface area contributed by atoms with Gasteiger partial charge in [-0.15, -0.1) is 0 Å². The Kier molecular flexibility index (Phi) is 5.26. The maximum Gasteiger partial charge on any atom is 0.0401 e. The van der Waals surface area contributed by atoms with Crippen molar-refractivity contribution in [1.82, 2.24) is 5.32 Å². The summed E-state index contributed by atoms with van der Waals surface area (Å²) < 4.78 is 0. The molecule has 2 nitrogen and oxygen atoms in total. The van der Waals surface area contributed by atoms with Crippen LogP contribution in [0, 0.1) is 0 Å². The van der Waals surface area contributed by atoms with Gasteiger partial charge in [0.1, 0.15) is 0 Å². The first kappa shape index (κ1) is 14.4. The molecule has 0 spiro atoms. The third kappa shape index (κ3) is 3.50. The molecule has 0 radical (unpaired) electrons. The molecule has 1 fully saturated rings. The second-order valence-electron chi connectivity index (χ2n) is 5.70. The highest BCUT2D eigenvalue weighted by molar-refractivity contribution is 5.54. The van der Waals surface area contributed by atoms with E-state index >= 15 is 0 Å². The summed E-state index contributed by atoms with van der Waals surface area (Å²) in [4.78, 5) is 2.60. The number of hydrogen-bond donors (Lipinski definition) is 1. The molecule has 1 N–H and O–H groups in total. The largest absolute Gasteiger partial charge is 0.368 e. The number of anilines is 1. The van der Waals surface area contributed by atoms with Gasteiger partial charge in [0, 0.05) is 24.3 Å². The Morgan fingerprint density at radius 1 is 1.26 bits per heavy atom. The highest BCUT2D eigenvalue weighted by Crippen LogP contribution is 2.28. The van der Waals surface area contributed by atoms with E-state index in [1.54, 1.807) is 0 Å². The van der Waals surface area contributed by atoms with Gasteiger partial charge in [0.05, 0.1) is 0 Å². The number of hydrogen-bond acceptors (Lipinski definition) is 2. The van der Waals surface area contributed by atoms with Crippen LogP contribution in [-0.2, 0) is 6.42 Å². The van der Waals surface area contributed by atoms with Crippen LogP contribution >= 0.6 is 0 Å². The average molecular weight is 260 g/mol. The Hall–Kier alpha value is -1.02. The molecule has 106 valence electrons. The van der Waals surface area contributed by atoms with Crippen LogP contribution in [0.1, 0.15) is 45.6 Å². The molecular weight excluding hydrogens is 232 g/mol. The monoisotopic (exact) mass is 260 g/mol. The molecule has 1 aliphatic rings. The summed E-state index contributed by atoms with van der Waals surface area (Å²) in [7, 11) is 0. The Labute approximate surface area is 118 Å². The van der Waals surface area contributed by atoms with E-state index in [-0.39, 0.29) is 0 Å². The van der Waals surface area contributed by atoms with Gasteiger partial charge < -0.3 is 10.2 Å². The van der Waals surface area contributed by atoms with Gasteiger partial charge in [0.25, 0.3) is 0 Å². The molecule has 0 amide bonds. The lowest BCUT2D eigenvalue weighted by Gasteiger charge is -2.40. The summed E-state index contributed by atoms with van der Waals surface area (Å²) in [5, 5.41) is 3.68. The van der Waals surface area contributed by atoms with Crippen molar-refractivity contribution >= 4 is 5.69 Å². The Morgan fingerprint density at radius 3 is 2.74 bits per heavy atom. The van der Waals surface area contributed by atoms with Crippen LogP contribution in [0.4, 0.5) is 5.69 Å². The molecule has 2 unspecified atom stereocenters. The number of rotatable bonds is 5. The third-order valence-electron chi connectivity index (χ3n) is 4.24. The lowest BCUT2D eigenvalue weighted by atomic mass is 9.96. The first-order chi connectivity index (χ1) is 9.26. The lowest BCUT2D eigenvalue weighted by Crippen LogP contribution is -2.48. The van der Waals surface area contributed by atoms with Crippen molar-refractivity contribution in [3.05, 3.63) is 29.8 Å². The summed E-state index contributed by atoms with van der Waals surface area (Å²) in [5.41, 5.74) is 2.93. The standard InChI is InChI=1S/C17H28N2/c1-4-11-18-16-10-12-19(14(3)13-16)17-9-7-6-8-15(17)5-2/h6-9,14,16,18H,4-5,10-13H2,1-3H3. The molecule has 1 aliphatic heterocycles. The predicted octanol–water partition coefficient (Wildman–Crippen LogP) is 3.61. The van der Waals surface area contributed by atoms with Gasteiger partial charge in [-0.2, -0.15) is 0 Å². The van der Waals surface area contributed by atoms with Crippen molar-refractivity contribution in [3.63, 3.8) is 0 Å². The van der Waals surface area contributed by atoms with E-state index in [2.05, 4.69) is 55.3 Å². The fourth-order valence-electron chi connectivity index (χ4n) is 3.15. The molecule has 0 bridgehead atoms. The normalized spacial score (nSPS) is 23.6. The van der Waals surface area contributed by atoms with Crippen LogP contribution in [0.15, 0.2) is 24.3 Å². The van der Waals surface area contributed by atoms with E-state index < -0.39 is 0 Å². The first-order valence-corrected chi connectivity index (χ1v) is 7.84. The van der Waals surface area contributed by atoms with Gasteiger partial charge in [-0.25, -0.2) is 0 Å². The number of para-hydroxylation sites is 1. The molecular formula is C17H28N2. The van der Waals surface area contributed by atoms with E-state index in [1.165, 1.54) is 37.1 Å². The fourth-order valence-corrected chi connectivity index (χ4v) is 3.15. The van der Waals surface area contributed by atoms with E-state index in [0.717, 1.165) is 13.0 Å². The molecule has 1 saturated heterocycles. The molecule has 1 aromatic rings. The van der Waals surface area contributed by atoms with Gasteiger partial charge in [-0.05, 0) is 50.8 Å². The fraction of sp³-hybridized carbons (Fsp3) is 0.647. The maximum absolute atomic E-state index is 3.68. The van der Waals surface area contributed by atoms with Crippen molar-refractivity contribution in [1.29, 1.82) is 0 Å². The van der Waals surface area contributed by atoms with Crippen molar-refractivity contribution < 1.29 is 0 Å². The minimum Gasteiger partial charge on any atom is -0.368 e. The van der Waals surface area contributed by atoms with Crippen molar-refractivity contribution in [2.75, 3.05) is 18.0 Å². The van der Waals surface area contributed by atoms with Crippen molar-refractivity contribution in [2.45, 2.75) is 58.5 Å². The second kappa shape index (κ2) is 6.95. The smallest absolute Gasteiger partial charge is 0.0401 e. The van der Waals surface area contributed by atoms with E-state index in [0.29, 0.717) is 12.1 Å². The zero-order chi connectivity index (χ0) is 13.7. The lowest BCUT2D eigenvalue weighted by molar-refractivity contribution is 0.368. The molecule has 0 aliphatic carbocycles. The molecule has 19 heavy (non-hydrogen) atoms. The third-order valence-corrected chi connectivity index (χ3v) is 4.24. The average Bonchev–Trinajstić information content (AvgIpc) is 2.45. The number of nitrogens with one attached hydrogen (secondary N) is 1. The van der Waals surface area contributed by atoms with Gasteiger partial charge in [-0.1, -0.05) is 32.0 Å². The summed E-state index contributed by atoms with van der Waals surface area (Å²) in [5.74, 6) is 0. The number of piperidine rings is 1. The van der Waals surface area contributed by atoms with Gasteiger partial charge in [-0.3, -0.25) is 0 Å². The van der Waals surface area contributed by atoms with Crippen molar-refractivity contribution in [2.24, 2.45) is 0 Å². The predicted molar refractivity (Wildman–Crippen MR) is 83.9 cm³/mol. The molecule has 2 atom stereocenters. The summed E-state index contributed by atoms with van der Waals surface area (Å²) >= 11 is 0. The highest BCUT2D eigenvalue weighted by Gasteiger charge is 2.25. The summed E-state index contributed by atoms with van der Waals surface area (Å²) in [6.45, 7) is 9.19. The Balaban J connectivity index is 2.03. The van der Waals surface area contributed by atoms with Crippen LogP contribution < -0.4 is 10.2 Å². The zero-order valence-corrected chi connectivity index (χ0v) is 12.7. The molecule has 0 saturated carbocycles. The molecule has 1 aromatic carbocycles. The topological polar surface area (TPSA) is 15.3 Å². The Morgan fingerprint density at radius 2 is 2.05 bits per heavy atom. The minimum atomic E-state index is 0.635. The highest BCUT2D eigenvalue weighted by atomic mass is 15.2. The molecule has 2 heteroatoms. The van der Waals surface area contributed by atoms with Crippen LogP contribution in [0.5, 0.6) is 0 Å². The molecule has 0 aromatic heterocycles. The van der Waals surface area contributed by atoms with E-state index in [1.807, 2.05) is 0 Å². The van der Waals surface area contributed by atoms with Crippen LogP contribution in [0.2, 0.25) is 0 Å².